The van der Waals surface area contributed by atoms with Crippen LogP contribution in [0.3, 0.4) is 0 Å². The molecule has 1 aromatic rings. The SMILES string of the molecule is CN(C)c1cccc(C(=O)NC(C)(CO)CO)c1. The first-order valence-electron chi connectivity index (χ1n) is 5.73. The number of anilines is 1. The highest BCUT2D eigenvalue weighted by Gasteiger charge is 2.25. The van der Waals surface area contributed by atoms with Crippen LogP contribution in [-0.4, -0.2) is 49.0 Å². The summed E-state index contributed by atoms with van der Waals surface area (Å²) < 4.78 is 0. The van der Waals surface area contributed by atoms with Crippen LogP contribution in [0, 0.1) is 0 Å². The Bertz CT molecular complexity index is 414. The Labute approximate surface area is 107 Å². The summed E-state index contributed by atoms with van der Waals surface area (Å²) in [4.78, 5) is 13.9. The fourth-order valence-corrected chi connectivity index (χ4v) is 1.40. The van der Waals surface area contributed by atoms with E-state index in [4.69, 9.17) is 10.2 Å². The predicted octanol–water partition coefficient (Wildman–Crippen LogP) is 0.226. The van der Waals surface area contributed by atoms with E-state index in [2.05, 4.69) is 5.32 Å². The monoisotopic (exact) mass is 252 g/mol. The summed E-state index contributed by atoms with van der Waals surface area (Å²) in [7, 11) is 3.78. The van der Waals surface area contributed by atoms with E-state index < -0.39 is 5.54 Å². The number of carbonyl (C=O) groups excluding carboxylic acids is 1. The number of aliphatic hydroxyl groups is 2. The van der Waals surface area contributed by atoms with Crippen molar-refractivity contribution < 1.29 is 15.0 Å². The second-order valence-corrected chi connectivity index (χ2v) is 4.78. The Morgan fingerprint density at radius 2 is 1.94 bits per heavy atom. The number of nitrogens with zero attached hydrogens (tertiary/aromatic N) is 1. The van der Waals surface area contributed by atoms with Crippen molar-refractivity contribution in [2.75, 3.05) is 32.2 Å². The molecule has 1 rings (SSSR count). The van der Waals surface area contributed by atoms with Crippen LogP contribution in [0.5, 0.6) is 0 Å². The highest BCUT2D eigenvalue weighted by molar-refractivity contribution is 5.95. The summed E-state index contributed by atoms with van der Waals surface area (Å²) in [5.41, 5.74) is 0.400. The maximum absolute atomic E-state index is 12.0. The molecule has 0 heterocycles. The van der Waals surface area contributed by atoms with E-state index in [0.29, 0.717) is 5.56 Å². The zero-order valence-corrected chi connectivity index (χ0v) is 11.0. The Kier molecular flexibility index (Phi) is 4.69. The molecule has 0 aliphatic carbocycles. The van der Waals surface area contributed by atoms with Crippen molar-refractivity contribution in [3.63, 3.8) is 0 Å². The van der Waals surface area contributed by atoms with Gasteiger partial charge in [0.1, 0.15) is 0 Å². The molecule has 3 N–H and O–H groups in total. The van der Waals surface area contributed by atoms with Crippen LogP contribution < -0.4 is 10.2 Å². The van der Waals surface area contributed by atoms with Gasteiger partial charge in [0.2, 0.25) is 0 Å². The largest absolute Gasteiger partial charge is 0.394 e. The molecule has 18 heavy (non-hydrogen) atoms. The maximum Gasteiger partial charge on any atom is 0.251 e. The topological polar surface area (TPSA) is 72.8 Å². The van der Waals surface area contributed by atoms with Gasteiger partial charge in [-0.2, -0.15) is 0 Å². The van der Waals surface area contributed by atoms with Crippen molar-refractivity contribution in [1.29, 1.82) is 0 Å². The third-order valence-corrected chi connectivity index (χ3v) is 2.74. The lowest BCUT2D eigenvalue weighted by atomic mass is 10.0. The lowest BCUT2D eigenvalue weighted by molar-refractivity contribution is 0.0724. The Morgan fingerprint density at radius 3 is 2.44 bits per heavy atom. The first kappa shape index (κ1) is 14.5. The molecule has 0 unspecified atom stereocenters. The van der Waals surface area contributed by atoms with Gasteiger partial charge in [-0.1, -0.05) is 6.07 Å². The molecular formula is C13H20N2O3. The van der Waals surface area contributed by atoms with E-state index in [0.717, 1.165) is 5.69 Å². The van der Waals surface area contributed by atoms with Gasteiger partial charge in [-0.3, -0.25) is 4.79 Å². The third-order valence-electron chi connectivity index (χ3n) is 2.74. The molecule has 1 amide bonds. The Hall–Kier alpha value is -1.59. The van der Waals surface area contributed by atoms with E-state index >= 15 is 0 Å². The first-order valence-corrected chi connectivity index (χ1v) is 5.73. The minimum Gasteiger partial charge on any atom is -0.394 e. The van der Waals surface area contributed by atoms with Gasteiger partial charge in [-0.15, -0.1) is 0 Å². The summed E-state index contributed by atoms with van der Waals surface area (Å²) >= 11 is 0. The number of benzene rings is 1. The lowest BCUT2D eigenvalue weighted by Crippen LogP contribution is -2.51. The van der Waals surface area contributed by atoms with Crippen molar-refractivity contribution >= 4 is 11.6 Å². The average Bonchev–Trinajstić information content (AvgIpc) is 2.38. The van der Waals surface area contributed by atoms with Crippen molar-refractivity contribution in [1.82, 2.24) is 5.32 Å². The molecular weight excluding hydrogens is 232 g/mol. The second kappa shape index (κ2) is 5.84. The zero-order chi connectivity index (χ0) is 13.8. The van der Waals surface area contributed by atoms with Crippen molar-refractivity contribution in [2.24, 2.45) is 0 Å². The fourth-order valence-electron chi connectivity index (χ4n) is 1.40. The van der Waals surface area contributed by atoms with Crippen LogP contribution in [0.2, 0.25) is 0 Å². The minimum absolute atomic E-state index is 0.315. The van der Waals surface area contributed by atoms with Gasteiger partial charge in [0, 0.05) is 25.3 Å². The molecule has 0 saturated carbocycles. The smallest absolute Gasteiger partial charge is 0.251 e. The number of amides is 1. The number of nitrogens with one attached hydrogen (secondary N) is 1. The normalized spacial score (nSPS) is 11.2. The molecule has 0 bridgehead atoms. The van der Waals surface area contributed by atoms with Crippen LogP contribution in [0.15, 0.2) is 24.3 Å². The highest BCUT2D eigenvalue weighted by Crippen LogP contribution is 2.14. The fraction of sp³-hybridized carbons (Fsp3) is 0.462. The first-order chi connectivity index (χ1) is 8.41. The molecule has 0 aromatic heterocycles. The Morgan fingerprint density at radius 1 is 1.33 bits per heavy atom. The average molecular weight is 252 g/mol. The van der Waals surface area contributed by atoms with Crippen LogP contribution in [0.1, 0.15) is 17.3 Å². The quantitative estimate of drug-likeness (QED) is 0.701. The molecule has 5 nitrogen and oxygen atoms in total. The molecule has 0 radical (unpaired) electrons. The summed E-state index contributed by atoms with van der Waals surface area (Å²) in [5, 5.41) is 20.9. The van der Waals surface area contributed by atoms with E-state index in [1.54, 1.807) is 25.1 Å². The van der Waals surface area contributed by atoms with Gasteiger partial charge in [0.05, 0.1) is 18.8 Å². The molecule has 0 atom stereocenters. The van der Waals surface area contributed by atoms with E-state index in [-0.39, 0.29) is 19.1 Å². The number of aliphatic hydroxyl groups excluding tert-OH is 2. The molecule has 5 heteroatoms. The molecule has 0 spiro atoms. The minimum atomic E-state index is -1.01. The summed E-state index contributed by atoms with van der Waals surface area (Å²) in [6, 6.07) is 7.13. The zero-order valence-electron chi connectivity index (χ0n) is 11.0. The number of hydrogen-bond donors (Lipinski definition) is 3. The number of hydrogen-bond acceptors (Lipinski definition) is 4. The van der Waals surface area contributed by atoms with Gasteiger partial charge < -0.3 is 20.4 Å². The van der Waals surface area contributed by atoms with E-state index in [9.17, 15) is 4.79 Å². The molecule has 0 aliphatic rings. The summed E-state index contributed by atoms with van der Waals surface area (Å²) in [6.07, 6.45) is 0. The van der Waals surface area contributed by atoms with E-state index in [1.165, 1.54) is 0 Å². The molecule has 100 valence electrons. The van der Waals surface area contributed by atoms with Gasteiger partial charge in [0.15, 0.2) is 0 Å². The molecule has 1 aromatic carbocycles. The van der Waals surface area contributed by atoms with Crippen LogP contribution >= 0.6 is 0 Å². The lowest BCUT2D eigenvalue weighted by Gasteiger charge is -2.26. The number of rotatable bonds is 5. The predicted molar refractivity (Wildman–Crippen MR) is 70.8 cm³/mol. The Balaban J connectivity index is 2.88. The maximum atomic E-state index is 12.0. The van der Waals surface area contributed by atoms with Crippen molar-refractivity contribution in [3.05, 3.63) is 29.8 Å². The molecule has 0 saturated heterocycles. The molecule has 0 aliphatic heterocycles. The van der Waals surface area contributed by atoms with Gasteiger partial charge in [-0.25, -0.2) is 0 Å². The standard InChI is InChI=1S/C13H20N2O3/c1-13(8-16,9-17)14-12(18)10-5-4-6-11(7-10)15(2)3/h4-7,16-17H,8-9H2,1-3H3,(H,14,18). The highest BCUT2D eigenvalue weighted by atomic mass is 16.3. The van der Waals surface area contributed by atoms with Crippen LogP contribution in [0.25, 0.3) is 0 Å². The van der Waals surface area contributed by atoms with Crippen LogP contribution in [-0.2, 0) is 0 Å². The van der Waals surface area contributed by atoms with Gasteiger partial charge in [0.25, 0.3) is 5.91 Å². The van der Waals surface area contributed by atoms with Gasteiger partial charge in [-0.05, 0) is 25.1 Å². The molecule has 0 fully saturated rings. The number of carbonyl (C=O) groups is 1. The van der Waals surface area contributed by atoms with E-state index in [1.807, 2.05) is 25.1 Å². The van der Waals surface area contributed by atoms with Gasteiger partial charge >= 0.3 is 0 Å². The second-order valence-electron chi connectivity index (χ2n) is 4.78. The van der Waals surface area contributed by atoms with Crippen molar-refractivity contribution in [3.8, 4) is 0 Å². The summed E-state index contributed by atoms with van der Waals surface area (Å²) in [5.74, 6) is -0.315. The summed E-state index contributed by atoms with van der Waals surface area (Å²) in [6.45, 7) is 0.950. The van der Waals surface area contributed by atoms with Crippen LogP contribution in [0.4, 0.5) is 5.69 Å². The third kappa shape index (κ3) is 3.45. The van der Waals surface area contributed by atoms with Crippen molar-refractivity contribution in [2.45, 2.75) is 12.5 Å².